The predicted octanol–water partition coefficient (Wildman–Crippen LogP) is 0.0690. The van der Waals surface area contributed by atoms with E-state index in [0.717, 1.165) is 13.0 Å². The summed E-state index contributed by atoms with van der Waals surface area (Å²) in [5.74, 6) is -0.203. The van der Waals surface area contributed by atoms with Crippen LogP contribution in [-0.4, -0.2) is 23.7 Å². The second kappa shape index (κ2) is 2.35. The minimum Gasteiger partial charge on any atom is -0.480 e. The summed E-state index contributed by atoms with van der Waals surface area (Å²) in [6.45, 7) is 2.90. The zero-order valence-electron chi connectivity index (χ0n) is 5.42. The van der Waals surface area contributed by atoms with E-state index in [0.29, 0.717) is 5.92 Å². The van der Waals surface area contributed by atoms with Gasteiger partial charge in [0, 0.05) is 0 Å². The lowest BCUT2D eigenvalue weighted by molar-refractivity contribution is -0.139. The molecular formula is C6H11NO2. The highest BCUT2D eigenvalue weighted by Crippen LogP contribution is 2.11. The maximum atomic E-state index is 10.3. The van der Waals surface area contributed by atoms with E-state index in [1.54, 1.807) is 0 Å². The molecule has 0 aliphatic carbocycles. The molecule has 1 fully saturated rings. The molecule has 3 nitrogen and oxygen atoms in total. The van der Waals surface area contributed by atoms with Crippen LogP contribution in [0.3, 0.4) is 0 Å². The summed E-state index contributed by atoms with van der Waals surface area (Å²) in [6, 6.07) is -0.292. The van der Waals surface area contributed by atoms with Crippen molar-refractivity contribution in [3.63, 3.8) is 0 Å². The fourth-order valence-corrected chi connectivity index (χ4v) is 1.10. The molecule has 0 aromatic carbocycles. The van der Waals surface area contributed by atoms with Crippen molar-refractivity contribution in [2.75, 3.05) is 6.54 Å². The summed E-state index contributed by atoms with van der Waals surface area (Å²) in [7, 11) is 0. The molecule has 52 valence electrons. The van der Waals surface area contributed by atoms with Gasteiger partial charge in [-0.25, -0.2) is 0 Å². The van der Waals surface area contributed by atoms with Gasteiger partial charge in [-0.2, -0.15) is 0 Å². The van der Waals surface area contributed by atoms with E-state index in [1.807, 2.05) is 0 Å². The summed E-state index contributed by atoms with van der Waals surface area (Å²) < 4.78 is 0. The Bertz CT molecular complexity index is 124. The van der Waals surface area contributed by atoms with E-state index in [9.17, 15) is 4.79 Å². The number of rotatable bonds is 1. The second-order valence-electron chi connectivity index (χ2n) is 2.64. The van der Waals surface area contributed by atoms with Crippen LogP contribution in [0.1, 0.15) is 13.3 Å². The van der Waals surface area contributed by atoms with Crippen molar-refractivity contribution in [3.8, 4) is 0 Å². The lowest BCUT2D eigenvalue weighted by Crippen LogP contribution is -2.29. The molecule has 3 heteroatoms. The first-order valence-corrected chi connectivity index (χ1v) is 3.16. The van der Waals surface area contributed by atoms with Crippen LogP contribution in [0.4, 0.5) is 0 Å². The van der Waals surface area contributed by atoms with Crippen molar-refractivity contribution in [1.29, 1.82) is 0 Å². The number of carboxylic acid groups (broad SMARTS) is 1. The van der Waals surface area contributed by atoms with Crippen molar-refractivity contribution in [1.82, 2.24) is 5.32 Å². The zero-order valence-corrected chi connectivity index (χ0v) is 5.42. The molecule has 0 radical (unpaired) electrons. The van der Waals surface area contributed by atoms with Gasteiger partial charge in [0.25, 0.3) is 0 Å². The molecule has 1 aliphatic heterocycles. The number of nitrogens with one attached hydrogen (secondary N) is 1. The molecule has 0 aromatic rings. The summed E-state index contributed by atoms with van der Waals surface area (Å²) in [5.41, 5.74) is 0. The SMILES string of the molecule is CC1CN[C@H](C(=O)O)C1. The largest absolute Gasteiger partial charge is 0.480 e. The van der Waals surface area contributed by atoms with Crippen LogP contribution in [-0.2, 0) is 4.79 Å². The number of carbonyl (C=O) groups is 1. The molecule has 2 N–H and O–H groups in total. The third kappa shape index (κ3) is 1.42. The molecule has 1 saturated heterocycles. The Kier molecular flexibility index (Phi) is 1.71. The van der Waals surface area contributed by atoms with E-state index in [4.69, 9.17) is 5.11 Å². The Morgan fingerprint density at radius 1 is 1.78 bits per heavy atom. The summed E-state index contributed by atoms with van der Waals surface area (Å²) in [6.07, 6.45) is 0.773. The third-order valence-electron chi connectivity index (χ3n) is 1.65. The predicted molar refractivity (Wildman–Crippen MR) is 33.2 cm³/mol. The Morgan fingerprint density at radius 3 is 2.67 bits per heavy atom. The Balaban J connectivity index is 2.39. The first kappa shape index (κ1) is 6.55. The summed E-state index contributed by atoms with van der Waals surface area (Å²) in [5, 5.41) is 11.4. The zero-order chi connectivity index (χ0) is 6.85. The van der Waals surface area contributed by atoms with Crippen LogP contribution < -0.4 is 5.32 Å². The van der Waals surface area contributed by atoms with Gasteiger partial charge in [-0.1, -0.05) is 6.92 Å². The first-order chi connectivity index (χ1) is 4.20. The average molecular weight is 129 g/mol. The van der Waals surface area contributed by atoms with Crippen LogP contribution in [0.2, 0.25) is 0 Å². The van der Waals surface area contributed by atoms with E-state index < -0.39 is 5.97 Å². The maximum Gasteiger partial charge on any atom is 0.320 e. The van der Waals surface area contributed by atoms with Gasteiger partial charge in [-0.05, 0) is 18.9 Å². The molecule has 0 saturated carbocycles. The van der Waals surface area contributed by atoms with E-state index >= 15 is 0 Å². The number of hydrogen-bond acceptors (Lipinski definition) is 2. The van der Waals surface area contributed by atoms with Crippen LogP contribution in [0, 0.1) is 5.92 Å². The number of aliphatic carboxylic acids is 1. The quantitative estimate of drug-likeness (QED) is 0.526. The van der Waals surface area contributed by atoms with E-state index in [2.05, 4.69) is 12.2 Å². The highest BCUT2D eigenvalue weighted by molar-refractivity contribution is 5.73. The molecule has 0 amide bonds. The number of hydrogen-bond donors (Lipinski definition) is 2. The molecule has 0 bridgehead atoms. The van der Waals surface area contributed by atoms with Crippen molar-refractivity contribution in [2.45, 2.75) is 19.4 Å². The van der Waals surface area contributed by atoms with Gasteiger partial charge in [-0.3, -0.25) is 4.79 Å². The van der Waals surface area contributed by atoms with Gasteiger partial charge < -0.3 is 10.4 Å². The van der Waals surface area contributed by atoms with Crippen molar-refractivity contribution >= 4 is 5.97 Å². The molecule has 0 aromatic heterocycles. The second-order valence-corrected chi connectivity index (χ2v) is 2.64. The van der Waals surface area contributed by atoms with Crippen molar-refractivity contribution in [2.24, 2.45) is 5.92 Å². The average Bonchev–Trinajstić information content (AvgIpc) is 2.14. The van der Waals surface area contributed by atoms with Crippen LogP contribution >= 0.6 is 0 Å². The molecule has 1 aliphatic rings. The topological polar surface area (TPSA) is 49.3 Å². The summed E-state index contributed by atoms with van der Waals surface area (Å²) in [4.78, 5) is 10.3. The highest BCUT2D eigenvalue weighted by Gasteiger charge is 2.25. The van der Waals surface area contributed by atoms with Crippen LogP contribution in [0.15, 0.2) is 0 Å². The standard InChI is InChI=1S/C6H11NO2/c1-4-2-5(6(8)9)7-3-4/h4-5,7H,2-3H2,1H3,(H,8,9)/t4?,5-/m0/s1. The third-order valence-corrected chi connectivity index (χ3v) is 1.65. The monoisotopic (exact) mass is 129 g/mol. The van der Waals surface area contributed by atoms with Gasteiger partial charge in [-0.15, -0.1) is 0 Å². The van der Waals surface area contributed by atoms with Gasteiger partial charge in [0.2, 0.25) is 0 Å². The van der Waals surface area contributed by atoms with Gasteiger partial charge in [0.1, 0.15) is 6.04 Å². The Hall–Kier alpha value is -0.570. The van der Waals surface area contributed by atoms with Crippen molar-refractivity contribution in [3.05, 3.63) is 0 Å². The van der Waals surface area contributed by atoms with E-state index in [-0.39, 0.29) is 6.04 Å². The van der Waals surface area contributed by atoms with Gasteiger partial charge in [0.15, 0.2) is 0 Å². The van der Waals surface area contributed by atoms with Crippen molar-refractivity contribution < 1.29 is 9.90 Å². The molecule has 2 atom stereocenters. The van der Waals surface area contributed by atoms with Crippen LogP contribution in [0.25, 0.3) is 0 Å². The Morgan fingerprint density at radius 2 is 2.44 bits per heavy atom. The normalized spacial score (nSPS) is 34.8. The van der Waals surface area contributed by atoms with Crippen LogP contribution in [0.5, 0.6) is 0 Å². The minimum atomic E-state index is -0.723. The highest BCUT2D eigenvalue weighted by atomic mass is 16.4. The lowest BCUT2D eigenvalue weighted by atomic mass is 10.1. The Labute approximate surface area is 54.1 Å². The maximum absolute atomic E-state index is 10.3. The molecule has 9 heavy (non-hydrogen) atoms. The molecule has 1 heterocycles. The smallest absolute Gasteiger partial charge is 0.320 e. The minimum absolute atomic E-state index is 0.292. The van der Waals surface area contributed by atoms with Gasteiger partial charge in [0.05, 0.1) is 0 Å². The fourth-order valence-electron chi connectivity index (χ4n) is 1.10. The molecule has 1 rings (SSSR count). The fraction of sp³-hybridized carbons (Fsp3) is 0.833. The lowest BCUT2D eigenvalue weighted by Gasteiger charge is -2.00. The summed E-state index contributed by atoms with van der Waals surface area (Å²) >= 11 is 0. The first-order valence-electron chi connectivity index (χ1n) is 3.16. The number of carboxylic acids is 1. The molecular weight excluding hydrogens is 118 g/mol. The molecule has 1 unspecified atom stereocenters. The van der Waals surface area contributed by atoms with E-state index in [1.165, 1.54) is 0 Å². The van der Waals surface area contributed by atoms with Gasteiger partial charge >= 0.3 is 5.97 Å². The molecule has 0 spiro atoms.